The third-order valence-corrected chi connectivity index (χ3v) is 3.55. The zero-order valence-electron chi connectivity index (χ0n) is 13.0. The third-order valence-electron chi connectivity index (χ3n) is 3.55. The molecule has 0 amide bonds. The number of hydrogen-bond donors (Lipinski definition) is 2. The molecule has 1 saturated heterocycles. The van der Waals surface area contributed by atoms with Gasteiger partial charge in [0, 0.05) is 45.1 Å². The summed E-state index contributed by atoms with van der Waals surface area (Å²) in [6, 6.07) is 1.86. The Morgan fingerprint density at radius 1 is 1.29 bits per heavy atom. The van der Waals surface area contributed by atoms with Gasteiger partial charge in [0.2, 0.25) is 5.95 Å². The summed E-state index contributed by atoms with van der Waals surface area (Å²) in [5.74, 6) is 2.31. The monoisotopic (exact) mass is 290 g/mol. The molecule has 116 valence electrons. The molecule has 1 aromatic heterocycles. The minimum Gasteiger partial charge on any atom is -0.357 e. The average molecular weight is 290 g/mol. The first kappa shape index (κ1) is 15.5. The Morgan fingerprint density at radius 2 is 2.00 bits per heavy atom. The first-order valence-electron chi connectivity index (χ1n) is 7.87. The van der Waals surface area contributed by atoms with E-state index in [4.69, 9.17) is 0 Å². The number of aliphatic imine (C=N–C) groups is 1. The van der Waals surface area contributed by atoms with Gasteiger partial charge in [-0.25, -0.2) is 9.97 Å². The second kappa shape index (κ2) is 8.44. The highest BCUT2D eigenvalue weighted by molar-refractivity contribution is 5.79. The Labute approximate surface area is 127 Å². The molecule has 1 fully saturated rings. The van der Waals surface area contributed by atoms with Crippen LogP contribution in [0, 0.1) is 5.92 Å². The molecule has 0 bridgehead atoms. The van der Waals surface area contributed by atoms with Crippen molar-refractivity contribution in [2.75, 3.05) is 37.6 Å². The van der Waals surface area contributed by atoms with Crippen LogP contribution >= 0.6 is 0 Å². The normalized spacial score (nSPS) is 18.2. The number of piperidine rings is 1. The van der Waals surface area contributed by atoms with Gasteiger partial charge < -0.3 is 15.5 Å². The first-order chi connectivity index (χ1) is 10.3. The summed E-state index contributed by atoms with van der Waals surface area (Å²) in [6.45, 7) is 8.82. The van der Waals surface area contributed by atoms with E-state index in [0.29, 0.717) is 5.92 Å². The summed E-state index contributed by atoms with van der Waals surface area (Å²) in [5.41, 5.74) is 0. The van der Waals surface area contributed by atoms with E-state index in [2.05, 4.69) is 44.3 Å². The molecular weight excluding hydrogens is 264 g/mol. The maximum atomic E-state index is 4.68. The van der Waals surface area contributed by atoms with Gasteiger partial charge in [0.05, 0.1) is 0 Å². The molecule has 0 aromatic carbocycles. The minimum atomic E-state index is 0.565. The number of guanidine groups is 1. The van der Waals surface area contributed by atoms with Crippen LogP contribution in [0.3, 0.4) is 0 Å². The molecule has 21 heavy (non-hydrogen) atoms. The van der Waals surface area contributed by atoms with E-state index in [1.807, 2.05) is 6.07 Å². The maximum absolute atomic E-state index is 4.68. The molecule has 2 rings (SSSR count). The molecule has 1 atom stereocenters. The Kier molecular flexibility index (Phi) is 6.24. The molecule has 0 aliphatic carbocycles. The lowest BCUT2D eigenvalue weighted by Crippen LogP contribution is -2.40. The van der Waals surface area contributed by atoms with Gasteiger partial charge in [-0.15, -0.1) is 0 Å². The van der Waals surface area contributed by atoms with Crippen LogP contribution < -0.4 is 15.5 Å². The van der Waals surface area contributed by atoms with Gasteiger partial charge in [0.25, 0.3) is 0 Å². The van der Waals surface area contributed by atoms with E-state index in [9.17, 15) is 0 Å². The molecule has 0 spiro atoms. The quantitative estimate of drug-likeness (QED) is 0.631. The maximum Gasteiger partial charge on any atom is 0.225 e. The molecule has 6 heteroatoms. The fourth-order valence-electron chi connectivity index (χ4n) is 2.58. The van der Waals surface area contributed by atoms with Gasteiger partial charge >= 0.3 is 0 Å². The van der Waals surface area contributed by atoms with Crippen molar-refractivity contribution in [3.05, 3.63) is 18.5 Å². The van der Waals surface area contributed by atoms with Crippen LogP contribution in [0.4, 0.5) is 5.95 Å². The summed E-state index contributed by atoms with van der Waals surface area (Å²) in [7, 11) is 0. The SMILES string of the molecule is CCNC(=NC[C@H]1CCCN(c2ncccn2)C1)NCC. The Balaban J connectivity index is 1.90. The van der Waals surface area contributed by atoms with Crippen molar-refractivity contribution < 1.29 is 0 Å². The Bertz CT molecular complexity index is 425. The van der Waals surface area contributed by atoms with Crippen molar-refractivity contribution >= 4 is 11.9 Å². The zero-order valence-corrected chi connectivity index (χ0v) is 13.0. The van der Waals surface area contributed by atoms with Gasteiger partial charge in [-0.05, 0) is 38.7 Å². The molecule has 2 heterocycles. The van der Waals surface area contributed by atoms with Crippen molar-refractivity contribution in [3.8, 4) is 0 Å². The highest BCUT2D eigenvalue weighted by Crippen LogP contribution is 2.20. The molecule has 1 aliphatic heterocycles. The number of nitrogens with one attached hydrogen (secondary N) is 2. The van der Waals surface area contributed by atoms with E-state index >= 15 is 0 Å². The smallest absolute Gasteiger partial charge is 0.225 e. The largest absolute Gasteiger partial charge is 0.357 e. The Morgan fingerprint density at radius 3 is 2.67 bits per heavy atom. The summed E-state index contributed by atoms with van der Waals surface area (Å²) in [6.07, 6.45) is 6.01. The van der Waals surface area contributed by atoms with Gasteiger partial charge in [-0.2, -0.15) is 0 Å². The third kappa shape index (κ3) is 4.88. The Hall–Kier alpha value is -1.85. The average Bonchev–Trinajstić information content (AvgIpc) is 2.54. The van der Waals surface area contributed by atoms with Crippen molar-refractivity contribution in [1.29, 1.82) is 0 Å². The van der Waals surface area contributed by atoms with E-state index in [0.717, 1.165) is 44.6 Å². The number of nitrogens with zero attached hydrogens (tertiary/aromatic N) is 4. The van der Waals surface area contributed by atoms with E-state index in [-0.39, 0.29) is 0 Å². The molecule has 0 saturated carbocycles. The van der Waals surface area contributed by atoms with Gasteiger partial charge in [0.15, 0.2) is 5.96 Å². The van der Waals surface area contributed by atoms with Crippen LogP contribution in [0.2, 0.25) is 0 Å². The second-order valence-electron chi connectivity index (χ2n) is 5.25. The lowest BCUT2D eigenvalue weighted by molar-refractivity contribution is 0.419. The number of anilines is 1. The molecule has 1 aromatic rings. The van der Waals surface area contributed by atoms with Crippen LogP contribution in [-0.4, -0.2) is 48.7 Å². The second-order valence-corrected chi connectivity index (χ2v) is 5.25. The summed E-state index contributed by atoms with van der Waals surface area (Å²) in [4.78, 5) is 15.6. The predicted octanol–water partition coefficient (Wildman–Crippen LogP) is 1.27. The van der Waals surface area contributed by atoms with Crippen LogP contribution in [0.15, 0.2) is 23.5 Å². The zero-order chi connectivity index (χ0) is 14.9. The van der Waals surface area contributed by atoms with E-state index < -0.39 is 0 Å². The van der Waals surface area contributed by atoms with Crippen LogP contribution in [-0.2, 0) is 0 Å². The van der Waals surface area contributed by atoms with Gasteiger partial charge in [-0.1, -0.05) is 0 Å². The van der Waals surface area contributed by atoms with Crippen molar-refractivity contribution in [1.82, 2.24) is 20.6 Å². The van der Waals surface area contributed by atoms with Crippen LogP contribution in [0.25, 0.3) is 0 Å². The molecule has 0 unspecified atom stereocenters. The van der Waals surface area contributed by atoms with Crippen LogP contribution in [0.1, 0.15) is 26.7 Å². The first-order valence-corrected chi connectivity index (χ1v) is 7.87. The predicted molar refractivity (Wildman–Crippen MR) is 86.6 cm³/mol. The fraction of sp³-hybridized carbons (Fsp3) is 0.667. The molecule has 6 nitrogen and oxygen atoms in total. The van der Waals surface area contributed by atoms with E-state index in [1.54, 1.807) is 12.4 Å². The van der Waals surface area contributed by atoms with Crippen molar-refractivity contribution in [3.63, 3.8) is 0 Å². The van der Waals surface area contributed by atoms with Crippen molar-refractivity contribution in [2.45, 2.75) is 26.7 Å². The lowest BCUT2D eigenvalue weighted by atomic mass is 9.98. The summed E-state index contributed by atoms with van der Waals surface area (Å²) >= 11 is 0. The highest BCUT2D eigenvalue weighted by Gasteiger charge is 2.21. The standard InChI is InChI=1S/C15H26N6/c1-3-16-14(17-4-2)20-11-13-7-5-10-21(12-13)15-18-8-6-9-19-15/h6,8-9,13H,3-5,7,10-12H2,1-2H3,(H2,16,17,20)/t13-/m1/s1. The lowest BCUT2D eigenvalue weighted by Gasteiger charge is -2.32. The van der Waals surface area contributed by atoms with Gasteiger partial charge in [-0.3, -0.25) is 4.99 Å². The topological polar surface area (TPSA) is 65.4 Å². The highest BCUT2D eigenvalue weighted by atomic mass is 15.3. The van der Waals surface area contributed by atoms with Crippen molar-refractivity contribution in [2.24, 2.45) is 10.9 Å². The molecule has 1 aliphatic rings. The number of aromatic nitrogens is 2. The minimum absolute atomic E-state index is 0.565. The van der Waals surface area contributed by atoms with E-state index in [1.165, 1.54) is 12.8 Å². The summed E-state index contributed by atoms with van der Waals surface area (Å²) in [5, 5.41) is 6.53. The number of rotatable bonds is 5. The molecular formula is C15H26N6. The fourth-order valence-corrected chi connectivity index (χ4v) is 2.58. The molecule has 2 N–H and O–H groups in total. The van der Waals surface area contributed by atoms with Crippen LogP contribution in [0.5, 0.6) is 0 Å². The summed E-state index contributed by atoms with van der Waals surface area (Å²) < 4.78 is 0. The number of hydrogen-bond acceptors (Lipinski definition) is 4. The molecule has 0 radical (unpaired) electrons. The van der Waals surface area contributed by atoms with Gasteiger partial charge in [0.1, 0.15) is 0 Å².